The molecule has 0 aromatic heterocycles. The number of benzene rings is 1. The molecule has 0 radical (unpaired) electrons. The number of rotatable bonds is 6. The second kappa shape index (κ2) is 7.62. The molecule has 0 spiro atoms. The molecule has 1 rings (SSSR count). The predicted octanol–water partition coefficient (Wildman–Crippen LogP) is 2.07. The van der Waals surface area contributed by atoms with Gasteiger partial charge in [0.25, 0.3) is 0 Å². The van der Waals surface area contributed by atoms with Crippen molar-refractivity contribution in [2.75, 3.05) is 25.5 Å². The lowest BCUT2D eigenvalue weighted by Gasteiger charge is -2.17. The second-order valence-electron chi connectivity index (χ2n) is 4.77. The molecule has 1 aromatic rings. The molecule has 0 aliphatic carbocycles. The van der Waals surface area contributed by atoms with E-state index in [4.69, 9.17) is 22.0 Å². The third-order valence-electron chi connectivity index (χ3n) is 2.71. The Kier molecular flexibility index (Phi) is 6.15. The minimum Gasteiger partial charge on any atom is -0.478 e. The number of hydrogen-bond acceptors (Lipinski definition) is 4. The summed E-state index contributed by atoms with van der Waals surface area (Å²) in [4.78, 5) is 24.5. The van der Waals surface area contributed by atoms with Crippen LogP contribution in [0.25, 0.3) is 0 Å². The average molecular weight is 310 g/mol. The number of carboxylic acids is 1. The van der Waals surface area contributed by atoms with E-state index in [0.717, 1.165) is 0 Å². The number of nitriles is 1. The molecule has 1 atom stereocenters. The van der Waals surface area contributed by atoms with Gasteiger partial charge in [-0.25, -0.2) is 4.79 Å². The zero-order valence-corrected chi connectivity index (χ0v) is 12.5. The highest BCUT2D eigenvalue weighted by molar-refractivity contribution is 6.33. The lowest BCUT2D eigenvalue weighted by atomic mass is 10.2. The Morgan fingerprint density at radius 1 is 1.52 bits per heavy atom. The van der Waals surface area contributed by atoms with E-state index in [2.05, 4.69) is 11.4 Å². The largest absolute Gasteiger partial charge is 0.478 e. The molecular weight excluding hydrogens is 294 g/mol. The van der Waals surface area contributed by atoms with Gasteiger partial charge in [0.15, 0.2) is 0 Å². The zero-order chi connectivity index (χ0) is 16.0. The lowest BCUT2D eigenvalue weighted by Crippen LogP contribution is -2.33. The van der Waals surface area contributed by atoms with Crippen molar-refractivity contribution in [2.24, 2.45) is 5.92 Å². The first-order valence-electron chi connectivity index (χ1n) is 6.24. The first kappa shape index (κ1) is 17.0. The fourth-order valence-electron chi connectivity index (χ4n) is 1.76. The molecule has 0 heterocycles. The summed E-state index contributed by atoms with van der Waals surface area (Å²) in [5.41, 5.74) is 0.296. The maximum absolute atomic E-state index is 11.9. The highest BCUT2D eigenvalue weighted by Crippen LogP contribution is 2.23. The summed E-state index contributed by atoms with van der Waals surface area (Å²) in [6, 6.07) is 6.17. The number of halogens is 1. The van der Waals surface area contributed by atoms with Gasteiger partial charge in [-0.1, -0.05) is 11.6 Å². The maximum atomic E-state index is 11.9. The van der Waals surface area contributed by atoms with Crippen LogP contribution in [0.2, 0.25) is 5.02 Å². The summed E-state index contributed by atoms with van der Waals surface area (Å²) in [5, 5.41) is 20.5. The molecule has 1 aromatic carbocycles. The normalized spacial score (nSPS) is 11.8. The first-order valence-corrected chi connectivity index (χ1v) is 6.62. The fourth-order valence-corrected chi connectivity index (χ4v) is 1.93. The van der Waals surface area contributed by atoms with Crippen molar-refractivity contribution >= 4 is 29.2 Å². The van der Waals surface area contributed by atoms with Crippen molar-refractivity contribution in [1.82, 2.24) is 4.90 Å². The summed E-state index contributed by atoms with van der Waals surface area (Å²) < 4.78 is 0. The molecule has 0 fully saturated rings. The SMILES string of the molecule is CC(C#N)CN(C)CC(=O)Nc1cc(C(=O)O)ccc1Cl. The Hall–Kier alpha value is -2.10. The van der Waals surface area contributed by atoms with Gasteiger partial charge in [-0.15, -0.1) is 0 Å². The summed E-state index contributed by atoms with van der Waals surface area (Å²) in [7, 11) is 1.72. The number of hydrogen-bond donors (Lipinski definition) is 2. The van der Waals surface area contributed by atoms with Crippen LogP contribution in [0, 0.1) is 17.2 Å². The summed E-state index contributed by atoms with van der Waals surface area (Å²) >= 11 is 5.92. The average Bonchev–Trinajstić information content (AvgIpc) is 2.40. The van der Waals surface area contributed by atoms with Crippen molar-refractivity contribution < 1.29 is 14.7 Å². The number of amides is 1. The third kappa shape index (κ3) is 5.42. The number of likely N-dealkylation sites (N-methyl/N-ethyl adjacent to an activating group) is 1. The molecule has 0 aliphatic rings. The summed E-state index contributed by atoms with van der Waals surface area (Å²) in [6.45, 7) is 2.31. The molecule has 0 bridgehead atoms. The van der Waals surface area contributed by atoms with Crippen LogP contribution in [0.5, 0.6) is 0 Å². The van der Waals surface area contributed by atoms with E-state index in [0.29, 0.717) is 6.54 Å². The lowest BCUT2D eigenvalue weighted by molar-refractivity contribution is -0.117. The van der Waals surface area contributed by atoms with Gasteiger partial charge in [0, 0.05) is 6.54 Å². The van der Waals surface area contributed by atoms with Crippen LogP contribution in [-0.4, -0.2) is 42.0 Å². The second-order valence-corrected chi connectivity index (χ2v) is 5.18. The molecule has 6 nitrogen and oxygen atoms in total. The Bertz CT molecular complexity index is 583. The minimum atomic E-state index is -1.10. The highest BCUT2D eigenvalue weighted by atomic mass is 35.5. The molecule has 7 heteroatoms. The van der Waals surface area contributed by atoms with Crippen molar-refractivity contribution in [1.29, 1.82) is 5.26 Å². The molecule has 0 saturated carbocycles. The predicted molar refractivity (Wildman–Crippen MR) is 79.3 cm³/mol. The number of carboxylic acid groups (broad SMARTS) is 1. The maximum Gasteiger partial charge on any atom is 0.335 e. The fraction of sp³-hybridized carbons (Fsp3) is 0.357. The van der Waals surface area contributed by atoms with E-state index in [-0.39, 0.29) is 34.6 Å². The van der Waals surface area contributed by atoms with E-state index in [9.17, 15) is 9.59 Å². The number of carbonyl (C=O) groups is 2. The molecule has 2 N–H and O–H groups in total. The Balaban J connectivity index is 2.69. The number of nitrogens with one attached hydrogen (secondary N) is 1. The highest BCUT2D eigenvalue weighted by Gasteiger charge is 2.13. The van der Waals surface area contributed by atoms with Crippen LogP contribution in [0.3, 0.4) is 0 Å². The molecule has 112 valence electrons. The van der Waals surface area contributed by atoms with Crippen LogP contribution >= 0.6 is 11.6 Å². The smallest absolute Gasteiger partial charge is 0.335 e. The van der Waals surface area contributed by atoms with E-state index in [1.165, 1.54) is 18.2 Å². The quantitative estimate of drug-likeness (QED) is 0.839. The van der Waals surface area contributed by atoms with E-state index in [1.54, 1.807) is 18.9 Å². The monoisotopic (exact) mass is 309 g/mol. The van der Waals surface area contributed by atoms with Gasteiger partial charge >= 0.3 is 5.97 Å². The Morgan fingerprint density at radius 3 is 2.76 bits per heavy atom. The number of anilines is 1. The number of carbonyl (C=O) groups excluding carboxylic acids is 1. The van der Waals surface area contributed by atoms with E-state index < -0.39 is 5.97 Å². The topological polar surface area (TPSA) is 93.4 Å². The molecular formula is C14H16ClN3O3. The standard InChI is InChI=1S/C14H16ClN3O3/c1-9(6-16)7-18(2)8-13(19)17-12-5-10(14(20)21)3-4-11(12)15/h3-5,9H,7-8H2,1-2H3,(H,17,19)(H,20,21). The van der Waals surface area contributed by atoms with Crippen LogP contribution in [0.15, 0.2) is 18.2 Å². The molecule has 1 amide bonds. The van der Waals surface area contributed by atoms with Crippen LogP contribution in [0.1, 0.15) is 17.3 Å². The molecule has 1 unspecified atom stereocenters. The van der Waals surface area contributed by atoms with Crippen LogP contribution in [-0.2, 0) is 4.79 Å². The van der Waals surface area contributed by atoms with Crippen LogP contribution < -0.4 is 5.32 Å². The van der Waals surface area contributed by atoms with Gasteiger partial charge < -0.3 is 10.4 Å². The van der Waals surface area contributed by atoms with Gasteiger partial charge in [-0.3, -0.25) is 9.69 Å². The van der Waals surface area contributed by atoms with Gasteiger partial charge in [-0.05, 0) is 32.2 Å². The van der Waals surface area contributed by atoms with Crippen molar-refractivity contribution in [3.8, 4) is 6.07 Å². The van der Waals surface area contributed by atoms with Gasteiger partial charge in [0.05, 0.1) is 34.8 Å². The first-order chi connectivity index (χ1) is 9.83. The summed E-state index contributed by atoms with van der Waals surface area (Å²) in [6.07, 6.45) is 0. The summed E-state index contributed by atoms with van der Waals surface area (Å²) in [5.74, 6) is -1.60. The van der Waals surface area contributed by atoms with Crippen molar-refractivity contribution in [3.05, 3.63) is 28.8 Å². The Morgan fingerprint density at radius 2 is 2.19 bits per heavy atom. The van der Waals surface area contributed by atoms with Gasteiger partial charge in [0.1, 0.15) is 0 Å². The van der Waals surface area contributed by atoms with Crippen molar-refractivity contribution in [3.63, 3.8) is 0 Å². The third-order valence-corrected chi connectivity index (χ3v) is 3.04. The van der Waals surface area contributed by atoms with E-state index in [1.807, 2.05) is 0 Å². The number of nitrogens with zero attached hydrogens (tertiary/aromatic N) is 2. The molecule has 0 saturated heterocycles. The van der Waals surface area contributed by atoms with Crippen molar-refractivity contribution in [2.45, 2.75) is 6.92 Å². The zero-order valence-electron chi connectivity index (χ0n) is 11.8. The molecule has 21 heavy (non-hydrogen) atoms. The Labute approximate surface area is 127 Å². The van der Waals surface area contributed by atoms with Gasteiger partial charge in [-0.2, -0.15) is 5.26 Å². The number of aromatic carboxylic acids is 1. The minimum absolute atomic E-state index is 0.0427. The van der Waals surface area contributed by atoms with Gasteiger partial charge in [0.2, 0.25) is 5.91 Å². The van der Waals surface area contributed by atoms with Crippen LogP contribution in [0.4, 0.5) is 5.69 Å². The van der Waals surface area contributed by atoms with E-state index >= 15 is 0 Å². The molecule has 0 aliphatic heterocycles.